The minimum atomic E-state index is -1.80. The number of epoxide rings is 1. The van der Waals surface area contributed by atoms with Crippen molar-refractivity contribution in [3.05, 3.63) is 42.5 Å². The van der Waals surface area contributed by atoms with Gasteiger partial charge in [0.25, 0.3) is 0 Å². The molecule has 5 heteroatoms. The molecule has 0 N–H and O–H groups in total. The van der Waals surface area contributed by atoms with Gasteiger partial charge in [0.1, 0.15) is 11.4 Å². The zero-order chi connectivity index (χ0) is 13.3. The molecule has 2 atom stereocenters. The van der Waals surface area contributed by atoms with E-state index in [0.717, 1.165) is 10.8 Å². The Kier molecular flexibility index (Phi) is 3.26. The third-order valence-electron chi connectivity index (χ3n) is 2.98. The second-order valence-electron chi connectivity index (χ2n) is 4.80. The molecule has 0 aromatic heterocycles. The highest BCUT2D eigenvalue weighted by Gasteiger charge is 2.40. The molecule has 19 heavy (non-hydrogen) atoms. The number of ether oxygens (including phenoxy) is 1. The average Bonchev–Trinajstić information content (AvgIpc) is 3.15. The molecule has 1 heterocycles. The van der Waals surface area contributed by atoms with Crippen LogP contribution in [0.15, 0.2) is 42.5 Å². The number of hydrogen-bond donors (Lipinski definition) is 0. The van der Waals surface area contributed by atoms with Crippen LogP contribution >= 0.6 is 0 Å². The number of rotatable bonds is 5. The summed E-state index contributed by atoms with van der Waals surface area (Å²) in [6.07, 6.45) is 0. The van der Waals surface area contributed by atoms with Crippen molar-refractivity contribution >= 4 is 22.1 Å². The monoisotopic (exact) mass is 278 g/mol. The number of fused-ring (bicyclic) bond motifs is 1. The van der Waals surface area contributed by atoms with E-state index in [1.807, 2.05) is 43.3 Å². The summed E-state index contributed by atoms with van der Waals surface area (Å²) in [6.45, 7) is 2.81. The first kappa shape index (κ1) is 12.6. The van der Waals surface area contributed by atoms with Crippen molar-refractivity contribution in [3.63, 3.8) is 0 Å². The third-order valence-corrected chi connectivity index (χ3v) is 3.62. The van der Waals surface area contributed by atoms with E-state index in [-0.39, 0.29) is 12.2 Å². The fraction of sp³-hybridized carbons (Fsp3) is 0.286. The molecule has 0 saturated carbocycles. The van der Waals surface area contributed by atoms with Crippen molar-refractivity contribution in [2.24, 2.45) is 0 Å². The smallest absolute Gasteiger partial charge is 0.360 e. The predicted molar refractivity (Wildman–Crippen MR) is 73.0 cm³/mol. The van der Waals surface area contributed by atoms with Gasteiger partial charge in [-0.05, 0) is 29.8 Å². The molecule has 4 nitrogen and oxygen atoms in total. The van der Waals surface area contributed by atoms with Crippen LogP contribution in [0.3, 0.4) is 0 Å². The molecule has 2 aromatic rings. The number of benzene rings is 2. The van der Waals surface area contributed by atoms with Crippen molar-refractivity contribution in [3.8, 4) is 5.75 Å². The molecule has 3 rings (SSSR count). The van der Waals surface area contributed by atoms with Crippen LogP contribution in [0.4, 0.5) is 0 Å². The lowest BCUT2D eigenvalue weighted by atomic mass is 10.1. The minimum absolute atomic E-state index is 0.271. The van der Waals surface area contributed by atoms with E-state index >= 15 is 0 Å². The fourth-order valence-corrected chi connectivity index (χ4v) is 2.36. The second-order valence-corrected chi connectivity index (χ2v) is 5.61. The molecule has 1 aliphatic rings. The summed E-state index contributed by atoms with van der Waals surface area (Å²) in [6, 6.07) is 13.5. The van der Waals surface area contributed by atoms with E-state index in [4.69, 9.17) is 13.1 Å². The van der Waals surface area contributed by atoms with Gasteiger partial charge in [0.2, 0.25) is 0 Å². The molecule has 0 spiro atoms. The quantitative estimate of drug-likeness (QED) is 0.789. The second kappa shape index (κ2) is 4.92. The van der Waals surface area contributed by atoms with Gasteiger partial charge in [-0.2, -0.15) is 4.21 Å². The van der Waals surface area contributed by atoms with E-state index < -0.39 is 11.4 Å². The van der Waals surface area contributed by atoms with E-state index in [1.54, 1.807) is 6.07 Å². The van der Waals surface area contributed by atoms with Crippen LogP contribution in [0, 0.1) is 0 Å². The van der Waals surface area contributed by atoms with E-state index in [0.29, 0.717) is 12.4 Å². The Balaban J connectivity index is 1.65. The van der Waals surface area contributed by atoms with Crippen LogP contribution in [0.5, 0.6) is 5.75 Å². The SMILES string of the molecule is CC1(COS(=O)Oc2ccc3ccccc3c2)CO1. The molecule has 0 radical (unpaired) electrons. The average molecular weight is 278 g/mol. The molecule has 100 valence electrons. The van der Waals surface area contributed by atoms with Crippen molar-refractivity contribution in [1.29, 1.82) is 0 Å². The standard InChI is InChI=1S/C14H14O4S/c1-14(9-16-14)10-17-19(15)18-13-7-6-11-4-2-3-5-12(11)8-13/h2-8H,9-10H2,1H3. The Morgan fingerprint density at radius 1 is 1.26 bits per heavy atom. The maximum absolute atomic E-state index is 11.6. The summed E-state index contributed by atoms with van der Waals surface area (Å²) in [7, 11) is 0. The fourth-order valence-electron chi connectivity index (χ4n) is 1.70. The van der Waals surface area contributed by atoms with Gasteiger partial charge in [-0.15, -0.1) is 0 Å². The van der Waals surface area contributed by atoms with Crippen LogP contribution in [-0.4, -0.2) is 23.0 Å². The van der Waals surface area contributed by atoms with Gasteiger partial charge >= 0.3 is 11.4 Å². The van der Waals surface area contributed by atoms with Crippen molar-refractivity contribution < 1.29 is 17.3 Å². The molecular formula is C14H14O4S. The van der Waals surface area contributed by atoms with Gasteiger partial charge in [0, 0.05) is 0 Å². The van der Waals surface area contributed by atoms with E-state index in [1.165, 1.54) is 0 Å². The highest BCUT2D eigenvalue weighted by atomic mass is 32.2. The van der Waals surface area contributed by atoms with Crippen LogP contribution in [0.1, 0.15) is 6.92 Å². The molecule has 0 amide bonds. The van der Waals surface area contributed by atoms with Gasteiger partial charge < -0.3 is 8.92 Å². The molecule has 0 bridgehead atoms. The lowest BCUT2D eigenvalue weighted by molar-refractivity contribution is 0.205. The van der Waals surface area contributed by atoms with Crippen LogP contribution in [-0.2, 0) is 20.3 Å². The topological polar surface area (TPSA) is 48.1 Å². The van der Waals surface area contributed by atoms with E-state index in [9.17, 15) is 4.21 Å². The Labute approximate surface area is 114 Å². The summed E-state index contributed by atoms with van der Waals surface area (Å²) >= 11 is -1.80. The molecule has 0 aliphatic carbocycles. The Hall–Kier alpha value is -1.43. The zero-order valence-corrected chi connectivity index (χ0v) is 11.3. The summed E-state index contributed by atoms with van der Waals surface area (Å²) in [5.41, 5.74) is -0.289. The summed E-state index contributed by atoms with van der Waals surface area (Å²) in [4.78, 5) is 0. The third kappa shape index (κ3) is 3.12. The van der Waals surface area contributed by atoms with Gasteiger partial charge in [-0.25, -0.2) is 0 Å². The maximum atomic E-state index is 11.6. The molecule has 1 aliphatic heterocycles. The molecule has 1 saturated heterocycles. The lowest BCUT2D eigenvalue weighted by Gasteiger charge is -2.07. The molecule has 2 unspecified atom stereocenters. The van der Waals surface area contributed by atoms with Gasteiger partial charge in [0.05, 0.1) is 13.2 Å². The van der Waals surface area contributed by atoms with Gasteiger partial charge in [-0.1, -0.05) is 30.3 Å². The summed E-state index contributed by atoms with van der Waals surface area (Å²) < 4.78 is 27.1. The van der Waals surface area contributed by atoms with Gasteiger partial charge in [-0.3, -0.25) is 4.18 Å². The molecule has 1 fully saturated rings. The first-order chi connectivity index (χ1) is 9.15. The largest absolute Gasteiger partial charge is 0.380 e. The normalized spacial score (nSPS) is 23.2. The Morgan fingerprint density at radius 3 is 2.74 bits per heavy atom. The first-order valence-electron chi connectivity index (χ1n) is 6.01. The summed E-state index contributed by atoms with van der Waals surface area (Å²) in [5.74, 6) is 0.527. The molecule has 2 aromatic carbocycles. The van der Waals surface area contributed by atoms with Crippen molar-refractivity contribution in [2.45, 2.75) is 12.5 Å². The van der Waals surface area contributed by atoms with Crippen molar-refractivity contribution in [1.82, 2.24) is 0 Å². The highest BCUT2D eigenvalue weighted by Crippen LogP contribution is 2.26. The van der Waals surface area contributed by atoms with Crippen LogP contribution in [0.2, 0.25) is 0 Å². The summed E-state index contributed by atoms with van der Waals surface area (Å²) in [5, 5.41) is 2.15. The van der Waals surface area contributed by atoms with Crippen molar-refractivity contribution in [2.75, 3.05) is 13.2 Å². The zero-order valence-electron chi connectivity index (χ0n) is 10.5. The predicted octanol–water partition coefficient (Wildman–Crippen LogP) is 2.60. The first-order valence-corrected chi connectivity index (χ1v) is 7.01. The van der Waals surface area contributed by atoms with Crippen LogP contribution in [0.25, 0.3) is 10.8 Å². The highest BCUT2D eigenvalue weighted by molar-refractivity contribution is 7.75. The van der Waals surface area contributed by atoms with E-state index in [2.05, 4.69) is 0 Å². The molecular weight excluding hydrogens is 264 g/mol. The Bertz CT molecular complexity index is 622. The van der Waals surface area contributed by atoms with Gasteiger partial charge in [0.15, 0.2) is 0 Å². The van der Waals surface area contributed by atoms with Crippen LogP contribution < -0.4 is 4.18 Å². The lowest BCUT2D eigenvalue weighted by Crippen LogP contribution is -2.17. The maximum Gasteiger partial charge on any atom is 0.360 e. The number of hydrogen-bond acceptors (Lipinski definition) is 4. The minimum Gasteiger partial charge on any atom is -0.380 e. The Morgan fingerprint density at radius 2 is 2.00 bits per heavy atom.